The summed E-state index contributed by atoms with van der Waals surface area (Å²) >= 11 is 0. The SMILES string of the molecule is CN(C)CCNCc1cc2c(cc1[N+](=O)[O-])OCO2. The number of rotatable bonds is 6. The van der Waals surface area contributed by atoms with Crippen molar-refractivity contribution < 1.29 is 14.4 Å². The van der Waals surface area contributed by atoms with Crippen LogP contribution in [0.4, 0.5) is 5.69 Å². The number of nitro groups is 1. The Bertz CT molecular complexity index is 476. The fourth-order valence-corrected chi connectivity index (χ4v) is 1.81. The van der Waals surface area contributed by atoms with E-state index in [1.807, 2.05) is 19.0 Å². The molecule has 0 aliphatic carbocycles. The number of nitrogens with one attached hydrogen (secondary N) is 1. The summed E-state index contributed by atoms with van der Waals surface area (Å²) in [6.07, 6.45) is 0. The zero-order chi connectivity index (χ0) is 13.8. The molecule has 0 amide bonds. The summed E-state index contributed by atoms with van der Waals surface area (Å²) in [5.41, 5.74) is 0.662. The lowest BCUT2D eigenvalue weighted by Crippen LogP contribution is -2.26. The van der Waals surface area contributed by atoms with Gasteiger partial charge in [0.05, 0.1) is 11.0 Å². The molecule has 1 heterocycles. The van der Waals surface area contributed by atoms with Crippen molar-refractivity contribution in [2.75, 3.05) is 34.0 Å². The Morgan fingerprint density at radius 2 is 2.05 bits per heavy atom. The summed E-state index contributed by atoms with van der Waals surface area (Å²) in [5.74, 6) is 0.999. The van der Waals surface area contributed by atoms with Crippen molar-refractivity contribution in [2.24, 2.45) is 0 Å². The molecule has 104 valence electrons. The van der Waals surface area contributed by atoms with Crippen LogP contribution in [0.2, 0.25) is 0 Å². The van der Waals surface area contributed by atoms with Gasteiger partial charge in [0.2, 0.25) is 6.79 Å². The molecule has 0 aromatic heterocycles. The van der Waals surface area contributed by atoms with Crippen LogP contribution < -0.4 is 14.8 Å². The second-order valence-corrected chi connectivity index (χ2v) is 4.57. The van der Waals surface area contributed by atoms with E-state index in [0.717, 1.165) is 13.1 Å². The second-order valence-electron chi connectivity index (χ2n) is 4.57. The van der Waals surface area contributed by atoms with E-state index in [-0.39, 0.29) is 12.5 Å². The lowest BCUT2D eigenvalue weighted by molar-refractivity contribution is -0.385. The Balaban J connectivity index is 2.08. The van der Waals surface area contributed by atoms with Crippen LogP contribution in [0.15, 0.2) is 12.1 Å². The Morgan fingerprint density at radius 3 is 2.68 bits per heavy atom. The van der Waals surface area contributed by atoms with E-state index in [9.17, 15) is 10.1 Å². The zero-order valence-electron chi connectivity index (χ0n) is 11.0. The van der Waals surface area contributed by atoms with Crippen molar-refractivity contribution >= 4 is 5.69 Å². The molecule has 0 saturated heterocycles. The first-order chi connectivity index (χ1) is 9.08. The van der Waals surface area contributed by atoms with Crippen molar-refractivity contribution in [3.05, 3.63) is 27.8 Å². The van der Waals surface area contributed by atoms with E-state index >= 15 is 0 Å². The topological polar surface area (TPSA) is 76.9 Å². The molecule has 0 radical (unpaired) electrons. The number of ether oxygens (including phenoxy) is 2. The van der Waals surface area contributed by atoms with Crippen molar-refractivity contribution in [1.29, 1.82) is 0 Å². The van der Waals surface area contributed by atoms with Gasteiger partial charge in [-0.1, -0.05) is 0 Å². The first kappa shape index (κ1) is 13.6. The predicted octanol–water partition coefficient (Wildman–Crippen LogP) is 0.975. The van der Waals surface area contributed by atoms with E-state index in [1.165, 1.54) is 6.07 Å². The summed E-state index contributed by atoms with van der Waals surface area (Å²) < 4.78 is 10.4. The number of benzene rings is 1. The molecule has 0 atom stereocenters. The van der Waals surface area contributed by atoms with Crippen LogP contribution in [-0.2, 0) is 6.54 Å². The Kier molecular flexibility index (Phi) is 4.18. The highest BCUT2D eigenvalue weighted by Gasteiger charge is 2.22. The van der Waals surface area contributed by atoms with E-state index in [2.05, 4.69) is 5.32 Å². The van der Waals surface area contributed by atoms with Crippen molar-refractivity contribution in [3.63, 3.8) is 0 Å². The number of likely N-dealkylation sites (N-methyl/N-ethyl adjacent to an activating group) is 1. The average Bonchev–Trinajstić information content (AvgIpc) is 2.80. The molecule has 19 heavy (non-hydrogen) atoms. The standard InChI is InChI=1S/C12H17N3O4/c1-14(2)4-3-13-7-9-5-11-12(19-8-18-11)6-10(9)15(16)17/h5-6,13H,3-4,7-8H2,1-2H3. The quantitative estimate of drug-likeness (QED) is 0.470. The Morgan fingerprint density at radius 1 is 1.37 bits per heavy atom. The zero-order valence-corrected chi connectivity index (χ0v) is 11.0. The highest BCUT2D eigenvalue weighted by atomic mass is 16.7. The summed E-state index contributed by atoms with van der Waals surface area (Å²) in [6.45, 7) is 2.18. The molecule has 0 unspecified atom stereocenters. The van der Waals surface area contributed by atoms with Gasteiger partial charge < -0.3 is 19.7 Å². The van der Waals surface area contributed by atoms with Gasteiger partial charge in [0, 0.05) is 25.2 Å². The number of nitro benzene ring substituents is 1. The highest BCUT2D eigenvalue weighted by Crippen LogP contribution is 2.37. The van der Waals surface area contributed by atoms with E-state index in [1.54, 1.807) is 6.07 Å². The molecule has 1 aromatic rings. The second kappa shape index (κ2) is 5.85. The molecule has 2 rings (SSSR count). The molecular weight excluding hydrogens is 250 g/mol. The maximum atomic E-state index is 11.0. The van der Waals surface area contributed by atoms with Crippen molar-refractivity contribution in [2.45, 2.75) is 6.54 Å². The van der Waals surface area contributed by atoms with E-state index < -0.39 is 4.92 Å². The molecule has 0 spiro atoms. The first-order valence-electron chi connectivity index (χ1n) is 6.00. The third-order valence-corrected chi connectivity index (χ3v) is 2.82. The number of hydrogen-bond donors (Lipinski definition) is 1. The van der Waals surface area contributed by atoms with Gasteiger partial charge in [-0.15, -0.1) is 0 Å². The molecule has 1 aliphatic heterocycles. The predicted molar refractivity (Wildman–Crippen MR) is 69.5 cm³/mol. The van der Waals surface area contributed by atoms with Crippen LogP contribution >= 0.6 is 0 Å². The Labute approximate surface area is 111 Å². The van der Waals surface area contributed by atoms with Crippen LogP contribution in [0.5, 0.6) is 11.5 Å². The fraction of sp³-hybridized carbons (Fsp3) is 0.500. The largest absolute Gasteiger partial charge is 0.454 e. The maximum Gasteiger partial charge on any atom is 0.277 e. The van der Waals surface area contributed by atoms with Crippen LogP contribution in [0, 0.1) is 10.1 Å². The monoisotopic (exact) mass is 267 g/mol. The first-order valence-corrected chi connectivity index (χ1v) is 6.00. The van der Waals surface area contributed by atoms with Gasteiger partial charge in [-0.25, -0.2) is 0 Å². The van der Waals surface area contributed by atoms with Gasteiger partial charge in [0.25, 0.3) is 5.69 Å². The Hall–Kier alpha value is -1.86. The smallest absolute Gasteiger partial charge is 0.277 e. The van der Waals surface area contributed by atoms with Gasteiger partial charge in [0.15, 0.2) is 11.5 Å². The van der Waals surface area contributed by atoms with E-state index in [0.29, 0.717) is 23.6 Å². The summed E-state index contributed by atoms with van der Waals surface area (Å²) in [5, 5.41) is 14.2. The molecule has 7 heteroatoms. The van der Waals surface area contributed by atoms with Gasteiger partial charge in [0.1, 0.15) is 0 Å². The molecule has 0 fully saturated rings. The average molecular weight is 267 g/mol. The summed E-state index contributed by atoms with van der Waals surface area (Å²) in [6, 6.07) is 3.09. The molecule has 1 N–H and O–H groups in total. The third-order valence-electron chi connectivity index (χ3n) is 2.82. The van der Waals surface area contributed by atoms with Crippen molar-refractivity contribution in [1.82, 2.24) is 10.2 Å². The normalized spacial score (nSPS) is 13.0. The molecule has 7 nitrogen and oxygen atoms in total. The molecule has 0 saturated carbocycles. The van der Waals surface area contributed by atoms with Gasteiger partial charge in [-0.3, -0.25) is 10.1 Å². The van der Waals surface area contributed by atoms with Crippen LogP contribution in [-0.4, -0.2) is 43.8 Å². The summed E-state index contributed by atoms with van der Waals surface area (Å²) in [7, 11) is 3.95. The van der Waals surface area contributed by atoms with Crippen LogP contribution in [0.25, 0.3) is 0 Å². The van der Waals surface area contributed by atoms with Crippen LogP contribution in [0.3, 0.4) is 0 Å². The molecular formula is C12H17N3O4. The molecule has 0 bridgehead atoms. The number of hydrogen-bond acceptors (Lipinski definition) is 6. The fourth-order valence-electron chi connectivity index (χ4n) is 1.81. The minimum Gasteiger partial charge on any atom is -0.454 e. The van der Waals surface area contributed by atoms with E-state index in [4.69, 9.17) is 9.47 Å². The number of nitrogens with zero attached hydrogens (tertiary/aromatic N) is 2. The maximum absolute atomic E-state index is 11.0. The van der Waals surface area contributed by atoms with Crippen molar-refractivity contribution in [3.8, 4) is 11.5 Å². The summed E-state index contributed by atoms with van der Waals surface area (Å²) in [4.78, 5) is 12.7. The molecule has 1 aromatic carbocycles. The number of fused-ring (bicyclic) bond motifs is 1. The van der Waals surface area contributed by atoms with Gasteiger partial charge in [-0.05, 0) is 20.2 Å². The van der Waals surface area contributed by atoms with Gasteiger partial charge in [-0.2, -0.15) is 0 Å². The lowest BCUT2D eigenvalue weighted by Gasteiger charge is -2.10. The van der Waals surface area contributed by atoms with Gasteiger partial charge >= 0.3 is 0 Å². The minimum absolute atomic E-state index is 0.0570. The minimum atomic E-state index is -0.398. The molecule has 1 aliphatic rings. The highest BCUT2D eigenvalue weighted by molar-refractivity contribution is 5.55. The van der Waals surface area contributed by atoms with Crippen LogP contribution in [0.1, 0.15) is 5.56 Å². The third kappa shape index (κ3) is 3.33. The lowest BCUT2D eigenvalue weighted by atomic mass is 10.1.